The van der Waals surface area contributed by atoms with Crippen molar-refractivity contribution in [1.29, 1.82) is 0 Å². The fourth-order valence-corrected chi connectivity index (χ4v) is 8.89. The lowest BCUT2D eigenvalue weighted by atomic mass is 10.1. The Labute approximate surface area is 192 Å². The van der Waals surface area contributed by atoms with Crippen LogP contribution >= 0.6 is 0 Å². The Morgan fingerprint density at radius 3 is 1.97 bits per heavy atom. The number of esters is 1. The molecule has 6 heteroatoms. The van der Waals surface area contributed by atoms with E-state index in [4.69, 9.17) is 13.9 Å². The van der Waals surface area contributed by atoms with E-state index in [1.54, 1.807) is 13.8 Å². The average Bonchev–Trinajstić information content (AvgIpc) is 2.70. The molecule has 0 amide bonds. The van der Waals surface area contributed by atoms with Gasteiger partial charge in [0.25, 0.3) is 8.32 Å². The highest BCUT2D eigenvalue weighted by atomic mass is 28.4. The SMILES string of the molecule is CC1(C)OC(=O)C=C(C[C@H](O)CCO[Si](c2ccccc2)(c2ccccc2)C(C)(C)C)O1. The van der Waals surface area contributed by atoms with Crippen LogP contribution < -0.4 is 10.4 Å². The highest BCUT2D eigenvalue weighted by Crippen LogP contribution is 2.37. The van der Waals surface area contributed by atoms with Gasteiger partial charge >= 0.3 is 5.97 Å². The quantitative estimate of drug-likeness (QED) is 0.484. The molecule has 3 rings (SSSR count). The Hall–Kier alpha value is -2.41. The number of ether oxygens (including phenoxy) is 2. The van der Waals surface area contributed by atoms with Gasteiger partial charge in [0.2, 0.25) is 5.79 Å². The Bertz CT molecular complexity index is 892. The molecule has 1 aliphatic heterocycles. The van der Waals surface area contributed by atoms with Crippen molar-refractivity contribution >= 4 is 24.7 Å². The summed E-state index contributed by atoms with van der Waals surface area (Å²) in [5, 5.41) is 12.9. The number of carbonyl (C=O) groups is 1. The molecule has 1 aliphatic rings. The van der Waals surface area contributed by atoms with Crippen LogP contribution in [0.4, 0.5) is 0 Å². The van der Waals surface area contributed by atoms with Gasteiger partial charge in [0.1, 0.15) is 5.76 Å². The summed E-state index contributed by atoms with van der Waals surface area (Å²) in [6.07, 6.45) is 1.28. The van der Waals surface area contributed by atoms with E-state index in [9.17, 15) is 9.90 Å². The van der Waals surface area contributed by atoms with Crippen molar-refractivity contribution in [2.45, 2.75) is 64.4 Å². The Kier molecular flexibility index (Phi) is 7.28. The standard InChI is InChI=1S/C26H34O5Si/c1-25(2,3)32(22-12-8-6-9-13-22,23-14-10-7-11-15-23)29-17-16-20(27)18-21-19-24(28)31-26(4,5)30-21/h6-15,19-20,27H,16-18H2,1-5H3/t20-/m1/s1. The second kappa shape index (κ2) is 9.61. The molecule has 2 aromatic rings. The van der Waals surface area contributed by atoms with Crippen LogP contribution in [-0.2, 0) is 18.7 Å². The number of aliphatic hydroxyl groups is 1. The zero-order valence-electron chi connectivity index (χ0n) is 19.6. The third-order valence-corrected chi connectivity index (χ3v) is 10.7. The van der Waals surface area contributed by atoms with E-state index in [1.165, 1.54) is 16.4 Å². The lowest BCUT2D eigenvalue weighted by molar-refractivity contribution is -0.206. The first kappa shape index (κ1) is 24.2. The van der Waals surface area contributed by atoms with Gasteiger partial charge in [-0.3, -0.25) is 0 Å². The summed E-state index contributed by atoms with van der Waals surface area (Å²) in [6, 6.07) is 20.8. The lowest BCUT2D eigenvalue weighted by Crippen LogP contribution is -2.66. The molecule has 172 valence electrons. The third kappa shape index (κ3) is 5.49. The van der Waals surface area contributed by atoms with Gasteiger partial charge < -0.3 is 19.0 Å². The summed E-state index contributed by atoms with van der Waals surface area (Å²) in [5.41, 5.74) is 0. The summed E-state index contributed by atoms with van der Waals surface area (Å²) >= 11 is 0. The van der Waals surface area contributed by atoms with Gasteiger partial charge in [0, 0.05) is 26.9 Å². The molecule has 0 spiro atoms. The first-order valence-electron chi connectivity index (χ1n) is 11.1. The molecule has 0 saturated carbocycles. The van der Waals surface area contributed by atoms with Crippen LogP contribution in [0.3, 0.4) is 0 Å². The van der Waals surface area contributed by atoms with E-state index in [1.807, 2.05) is 12.1 Å². The molecule has 1 heterocycles. The Morgan fingerprint density at radius 1 is 0.969 bits per heavy atom. The van der Waals surface area contributed by atoms with Gasteiger partial charge in [-0.25, -0.2) is 4.79 Å². The molecule has 0 bridgehead atoms. The molecular formula is C26H34O5Si. The lowest BCUT2D eigenvalue weighted by Gasteiger charge is -2.43. The van der Waals surface area contributed by atoms with Crippen molar-refractivity contribution in [1.82, 2.24) is 0 Å². The van der Waals surface area contributed by atoms with Crippen molar-refractivity contribution in [3.63, 3.8) is 0 Å². The predicted octanol–water partition coefficient (Wildman–Crippen LogP) is 3.90. The third-order valence-electron chi connectivity index (χ3n) is 5.63. The second-order valence-corrected chi connectivity index (χ2v) is 14.0. The van der Waals surface area contributed by atoms with E-state index in [0.717, 1.165) is 0 Å². The number of aliphatic hydroxyl groups excluding tert-OH is 1. The Balaban J connectivity index is 1.79. The maximum Gasteiger partial charge on any atom is 0.337 e. The van der Waals surface area contributed by atoms with E-state index in [0.29, 0.717) is 18.8 Å². The second-order valence-electron chi connectivity index (χ2n) is 9.69. The number of carbonyl (C=O) groups excluding carboxylic acids is 1. The molecule has 32 heavy (non-hydrogen) atoms. The average molecular weight is 455 g/mol. The molecule has 0 radical (unpaired) electrons. The van der Waals surface area contributed by atoms with Gasteiger partial charge in [-0.1, -0.05) is 81.4 Å². The van der Waals surface area contributed by atoms with Crippen LogP contribution in [0.5, 0.6) is 0 Å². The fourth-order valence-electron chi connectivity index (χ4n) is 4.31. The van der Waals surface area contributed by atoms with E-state index in [-0.39, 0.29) is 11.5 Å². The molecule has 1 N–H and O–H groups in total. The molecule has 0 saturated heterocycles. The zero-order chi connectivity index (χ0) is 23.4. The first-order chi connectivity index (χ1) is 15.0. The zero-order valence-corrected chi connectivity index (χ0v) is 20.6. The normalized spacial score (nSPS) is 17.2. The van der Waals surface area contributed by atoms with Gasteiger partial charge in [-0.05, 0) is 21.8 Å². The van der Waals surface area contributed by atoms with Crippen molar-refractivity contribution in [2.24, 2.45) is 0 Å². The van der Waals surface area contributed by atoms with E-state index < -0.39 is 26.2 Å². The molecule has 0 fully saturated rings. The van der Waals surface area contributed by atoms with Crippen molar-refractivity contribution in [2.75, 3.05) is 6.61 Å². The number of hydrogen-bond donors (Lipinski definition) is 1. The summed E-state index contributed by atoms with van der Waals surface area (Å²) in [4.78, 5) is 11.8. The number of benzene rings is 2. The monoisotopic (exact) mass is 454 g/mol. The highest BCUT2D eigenvalue weighted by Gasteiger charge is 2.50. The van der Waals surface area contributed by atoms with Crippen LogP contribution in [0.2, 0.25) is 5.04 Å². The summed E-state index contributed by atoms with van der Waals surface area (Å²) in [7, 11) is -2.63. The maximum absolute atomic E-state index is 11.8. The molecule has 5 nitrogen and oxygen atoms in total. The minimum absolute atomic E-state index is 0.122. The van der Waals surface area contributed by atoms with Crippen molar-refractivity contribution in [3.05, 3.63) is 72.5 Å². The molecule has 0 aromatic heterocycles. The largest absolute Gasteiger partial charge is 0.457 e. The van der Waals surface area contributed by atoms with E-state index >= 15 is 0 Å². The number of rotatable bonds is 8. The summed E-state index contributed by atoms with van der Waals surface area (Å²) in [5.74, 6) is -1.04. The van der Waals surface area contributed by atoms with Crippen LogP contribution in [0, 0.1) is 0 Å². The summed E-state index contributed by atoms with van der Waals surface area (Å²) < 4.78 is 17.6. The predicted molar refractivity (Wildman–Crippen MR) is 128 cm³/mol. The minimum atomic E-state index is -2.63. The van der Waals surface area contributed by atoms with Gasteiger partial charge in [0.05, 0.1) is 12.2 Å². The number of cyclic esters (lactones) is 1. The smallest absolute Gasteiger partial charge is 0.337 e. The molecule has 1 atom stereocenters. The van der Waals surface area contributed by atoms with Crippen LogP contribution in [0.1, 0.15) is 47.5 Å². The van der Waals surface area contributed by atoms with Crippen LogP contribution in [0.25, 0.3) is 0 Å². The first-order valence-corrected chi connectivity index (χ1v) is 13.0. The minimum Gasteiger partial charge on any atom is -0.457 e. The maximum atomic E-state index is 11.8. The molecule has 0 unspecified atom stereocenters. The fraction of sp³-hybridized carbons (Fsp3) is 0.423. The van der Waals surface area contributed by atoms with Gasteiger partial charge in [-0.2, -0.15) is 0 Å². The Morgan fingerprint density at radius 2 is 1.50 bits per heavy atom. The molecule has 0 aliphatic carbocycles. The van der Waals surface area contributed by atoms with Crippen LogP contribution in [-0.4, -0.2) is 37.9 Å². The topological polar surface area (TPSA) is 65.0 Å². The van der Waals surface area contributed by atoms with Gasteiger partial charge in [0.15, 0.2) is 0 Å². The van der Waals surface area contributed by atoms with Gasteiger partial charge in [-0.15, -0.1) is 0 Å². The van der Waals surface area contributed by atoms with Crippen LogP contribution in [0.15, 0.2) is 72.5 Å². The molecule has 2 aromatic carbocycles. The van der Waals surface area contributed by atoms with Crippen molar-refractivity contribution in [3.8, 4) is 0 Å². The highest BCUT2D eigenvalue weighted by molar-refractivity contribution is 6.99. The molecular weight excluding hydrogens is 420 g/mol. The summed E-state index contributed by atoms with van der Waals surface area (Å²) in [6.45, 7) is 10.4. The van der Waals surface area contributed by atoms with E-state index in [2.05, 4.69) is 69.3 Å². The van der Waals surface area contributed by atoms with Crippen molar-refractivity contribution < 1.29 is 23.8 Å². The number of hydrogen-bond acceptors (Lipinski definition) is 5.